The molecule has 162 valence electrons. The van der Waals surface area contributed by atoms with Crippen LogP contribution < -0.4 is 10.2 Å². The molecule has 2 aromatic carbocycles. The number of amides is 1. The number of para-hydroxylation sites is 1. The van der Waals surface area contributed by atoms with Gasteiger partial charge in [0.15, 0.2) is 0 Å². The summed E-state index contributed by atoms with van der Waals surface area (Å²) in [5.74, 6) is -0.482. The van der Waals surface area contributed by atoms with Crippen LogP contribution in [0, 0.1) is 10.1 Å². The minimum atomic E-state index is -3.70. The first-order valence-corrected chi connectivity index (χ1v) is 10.9. The average molecular weight is 435 g/mol. The summed E-state index contributed by atoms with van der Waals surface area (Å²) in [6.07, 6.45) is -0.211. The van der Waals surface area contributed by atoms with Crippen LogP contribution in [-0.4, -0.2) is 50.7 Å². The molecule has 0 heterocycles. The monoisotopic (exact) mass is 434 g/mol. The number of carbonyl (C=O) groups excluding carboxylic acids is 1. The van der Waals surface area contributed by atoms with Crippen molar-refractivity contribution in [3.63, 3.8) is 0 Å². The Labute approximate surface area is 176 Å². The number of sulfonamides is 1. The Morgan fingerprint density at radius 2 is 1.73 bits per heavy atom. The van der Waals surface area contributed by atoms with Gasteiger partial charge in [0, 0.05) is 38.8 Å². The maximum absolute atomic E-state index is 12.8. The van der Waals surface area contributed by atoms with E-state index in [9.17, 15) is 23.3 Å². The Balaban J connectivity index is 2.38. The number of hydrogen-bond donors (Lipinski definition) is 1. The molecule has 0 unspecified atom stereocenters. The predicted octanol–water partition coefficient (Wildman–Crippen LogP) is 2.87. The van der Waals surface area contributed by atoms with Gasteiger partial charge in [-0.2, -0.15) is 4.31 Å². The molecule has 1 amide bonds. The molecule has 0 aromatic heterocycles. The summed E-state index contributed by atoms with van der Waals surface area (Å²) in [6.45, 7) is 4.16. The highest BCUT2D eigenvalue weighted by atomic mass is 32.2. The van der Waals surface area contributed by atoms with Crippen molar-refractivity contribution in [3.05, 3.63) is 58.1 Å². The van der Waals surface area contributed by atoms with Gasteiger partial charge in [0.25, 0.3) is 5.69 Å². The summed E-state index contributed by atoms with van der Waals surface area (Å²) in [4.78, 5) is 25.1. The van der Waals surface area contributed by atoms with Crippen LogP contribution in [0.4, 0.5) is 17.1 Å². The van der Waals surface area contributed by atoms with Crippen LogP contribution in [0.3, 0.4) is 0 Å². The van der Waals surface area contributed by atoms with Gasteiger partial charge in [-0.15, -0.1) is 0 Å². The van der Waals surface area contributed by atoms with E-state index < -0.39 is 20.9 Å². The van der Waals surface area contributed by atoms with Gasteiger partial charge in [-0.05, 0) is 18.2 Å². The van der Waals surface area contributed by atoms with Crippen LogP contribution in [-0.2, 0) is 21.2 Å². The third kappa shape index (κ3) is 5.14. The van der Waals surface area contributed by atoms with Gasteiger partial charge in [0.1, 0.15) is 0 Å². The molecular formula is C20H26N4O5S. The molecule has 0 fully saturated rings. The summed E-state index contributed by atoms with van der Waals surface area (Å²) in [5, 5.41) is 13.9. The van der Waals surface area contributed by atoms with Crippen molar-refractivity contribution in [1.82, 2.24) is 4.31 Å². The van der Waals surface area contributed by atoms with E-state index in [1.807, 2.05) is 0 Å². The van der Waals surface area contributed by atoms with E-state index in [0.717, 1.165) is 0 Å². The molecule has 0 saturated heterocycles. The van der Waals surface area contributed by atoms with E-state index in [0.29, 0.717) is 24.5 Å². The van der Waals surface area contributed by atoms with Gasteiger partial charge in [-0.25, -0.2) is 8.42 Å². The van der Waals surface area contributed by atoms with Crippen LogP contribution in [0.25, 0.3) is 0 Å². The summed E-state index contributed by atoms with van der Waals surface area (Å²) in [7, 11) is -0.166. The molecule has 0 spiro atoms. The zero-order valence-corrected chi connectivity index (χ0v) is 18.3. The van der Waals surface area contributed by atoms with E-state index in [1.54, 1.807) is 45.0 Å². The number of benzene rings is 2. The van der Waals surface area contributed by atoms with Crippen LogP contribution in [0.15, 0.2) is 47.4 Å². The number of carbonyl (C=O) groups is 1. The third-order valence-electron chi connectivity index (χ3n) is 4.61. The van der Waals surface area contributed by atoms with Crippen LogP contribution in [0.1, 0.15) is 19.4 Å². The van der Waals surface area contributed by atoms with E-state index in [4.69, 9.17) is 0 Å². The number of nitrogens with zero attached hydrogens (tertiary/aromatic N) is 3. The van der Waals surface area contributed by atoms with Crippen molar-refractivity contribution in [2.24, 2.45) is 0 Å². The van der Waals surface area contributed by atoms with Crippen molar-refractivity contribution in [2.75, 3.05) is 37.4 Å². The summed E-state index contributed by atoms with van der Waals surface area (Å²) in [6, 6.07) is 10.6. The molecule has 0 radical (unpaired) electrons. The SMILES string of the molecule is CCN(CC)S(=O)(=O)c1ccc(N(C)C)c(NC(=O)Cc2ccccc2[N+](=O)[O-])c1. The van der Waals surface area contributed by atoms with Crippen LogP contribution in [0.2, 0.25) is 0 Å². The number of hydrogen-bond acceptors (Lipinski definition) is 6. The number of rotatable bonds is 9. The van der Waals surface area contributed by atoms with E-state index in [2.05, 4.69) is 5.32 Å². The molecule has 0 bridgehead atoms. The molecule has 1 N–H and O–H groups in total. The maximum Gasteiger partial charge on any atom is 0.273 e. The van der Waals surface area contributed by atoms with Gasteiger partial charge < -0.3 is 10.2 Å². The molecule has 10 heteroatoms. The highest BCUT2D eigenvalue weighted by Gasteiger charge is 2.24. The van der Waals surface area contributed by atoms with Gasteiger partial charge >= 0.3 is 0 Å². The molecule has 0 atom stereocenters. The summed E-state index contributed by atoms with van der Waals surface area (Å²) >= 11 is 0. The fourth-order valence-corrected chi connectivity index (χ4v) is 4.57. The van der Waals surface area contributed by atoms with E-state index in [-0.39, 0.29) is 22.6 Å². The van der Waals surface area contributed by atoms with Gasteiger partial charge in [-0.1, -0.05) is 32.0 Å². The average Bonchev–Trinajstić information content (AvgIpc) is 2.68. The molecule has 9 nitrogen and oxygen atoms in total. The Hall–Kier alpha value is -2.98. The topological polar surface area (TPSA) is 113 Å². The highest BCUT2D eigenvalue weighted by molar-refractivity contribution is 7.89. The molecule has 2 rings (SSSR count). The van der Waals surface area contributed by atoms with Crippen molar-refractivity contribution < 1.29 is 18.1 Å². The molecule has 0 aliphatic heterocycles. The van der Waals surface area contributed by atoms with Crippen molar-refractivity contribution in [1.29, 1.82) is 0 Å². The largest absolute Gasteiger partial charge is 0.376 e. The highest BCUT2D eigenvalue weighted by Crippen LogP contribution is 2.29. The first-order valence-electron chi connectivity index (χ1n) is 9.45. The zero-order valence-electron chi connectivity index (χ0n) is 17.5. The lowest BCUT2D eigenvalue weighted by molar-refractivity contribution is -0.385. The predicted molar refractivity (Wildman–Crippen MR) is 116 cm³/mol. The lowest BCUT2D eigenvalue weighted by Gasteiger charge is -2.22. The molecule has 0 aliphatic rings. The lowest BCUT2D eigenvalue weighted by atomic mass is 10.1. The first kappa shape index (κ1) is 23.3. The van der Waals surface area contributed by atoms with Crippen molar-refractivity contribution in [2.45, 2.75) is 25.2 Å². The Morgan fingerprint density at radius 1 is 1.10 bits per heavy atom. The minimum absolute atomic E-state index is 0.0674. The number of nitrogens with one attached hydrogen (secondary N) is 1. The van der Waals surface area contributed by atoms with Crippen molar-refractivity contribution in [3.8, 4) is 0 Å². The summed E-state index contributed by atoms with van der Waals surface area (Å²) < 4.78 is 27.0. The Kier molecular flexibility index (Phi) is 7.52. The molecule has 30 heavy (non-hydrogen) atoms. The maximum atomic E-state index is 12.8. The number of nitro benzene ring substituents is 1. The molecule has 0 aliphatic carbocycles. The normalized spacial score (nSPS) is 11.4. The number of nitro groups is 1. The quantitative estimate of drug-likeness (QED) is 0.480. The van der Waals surface area contributed by atoms with Gasteiger partial charge in [0.2, 0.25) is 15.9 Å². The summed E-state index contributed by atoms with van der Waals surface area (Å²) in [5.41, 5.74) is 1.07. The Bertz CT molecular complexity index is 1030. The van der Waals surface area contributed by atoms with Crippen LogP contribution in [0.5, 0.6) is 0 Å². The second kappa shape index (κ2) is 9.68. The first-order chi connectivity index (χ1) is 14.1. The Morgan fingerprint density at radius 3 is 2.30 bits per heavy atom. The van der Waals surface area contributed by atoms with Gasteiger partial charge in [-0.3, -0.25) is 14.9 Å². The smallest absolute Gasteiger partial charge is 0.273 e. The standard InChI is InChI=1S/C20H26N4O5S/c1-5-23(6-2)30(28,29)16-11-12-19(22(3)4)17(14-16)21-20(25)13-15-9-7-8-10-18(15)24(26)27/h7-12,14H,5-6,13H2,1-4H3,(H,21,25). The zero-order chi connectivity index (χ0) is 22.5. The van der Waals surface area contributed by atoms with Gasteiger partial charge in [0.05, 0.1) is 27.6 Å². The molecule has 0 saturated carbocycles. The fraction of sp³-hybridized carbons (Fsp3) is 0.350. The third-order valence-corrected chi connectivity index (χ3v) is 6.65. The lowest BCUT2D eigenvalue weighted by Crippen LogP contribution is -2.30. The second-order valence-electron chi connectivity index (χ2n) is 6.77. The van der Waals surface area contributed by atoms with E-state index >= 15 is 0 Å². The molecular weight excluding hydrogens is 408 g/mol. The minimum Gasteiger partial charge on any atom is -0.376 e. The second-order valence-corrected chi connectivity index (χ2v) is 8.71. The molecule has 2 aromatic rings. The van der Waals surface area contributed by atoms with Crippen LogP contribution >= 0.6 is 0 Å². The number of anilines is 2. The van der Waals surface area contributed by atoms with Crippen molar-refractivity contribution >= 4 is 33.0 Å². The fourth-order valence-electron chi connectivity index (χ4n) is 3.08. The van der Waals surface area contributed by atoms with E-state index in [1.165, 1.54) is 34.6 Å².